The fourth-order valence-corrected chi connectivity index (χ4v) is 4.28. The van der Waals surface area contributed by atoms with Crippen LogP contribution in [0.25, 0.3) is 0 Å². The van der Waals surface area contributed by atoms with E-state index < -0.39 is 15.9 Å². The number of carbonyl (C=O) groups is 1. The molecule has 0 radical (unpaired) electrons. The van der Waals surface area contributed by atoms with Crippen molar-refractivity contribution in [3.63, 3.8) is 0 Å². The van der Waals surface area contributed by atoms with Crippen molar-refractivity contribution < 1.29 is 17.6 Å². The quantitative estimate of drug-likeness (QED) is 0.785. The maximum atomic E-state index is 13.0. The molecular weight excluding hydrogens is 379 g/mol. The van der Waals surface area contributed by atoms with Gasteiger partial charge in [-0.1, -0.05) is 23.7 Å². The third-order valence-electron chi connectivity index (χ3n) is 4.10. The van der Waals surface area contributed by atoms with E-state index in [1.165, 1.54) is 30.3 Å². The topological polar surface area (TPSA) is 75.3 Å². The Morgan fingerprint density at radius 1 is 1.19 bits per heavy atom. The smallest absolute Gasteiger partial charge is 0.251 e. The van der Waals surface area contributed by atoms with Crippen molar-refractivity contribution in [2.45, 2.75) is 36.7 Å². The summed E-state index contributed by atoms with van der Waals surface area (Å²) in [6.45, 7) is 1.76. The van der Waals surface area contributed by atoms with Gasteiger partial charge in [0.2, 0.25) is 10.0 Å². The first-order chi connectivity index (χ1) is 12.3. The minimum absolute atomic E-state index is 0.0567. The molecule has 3 rings (SSSR count). The third-order valence-corrected chi connectivity index (χ3v) is 6.10. The normalized spacial score (nSPS) is 15.5. The molecule has 138 valence electrons. The van der Waals surface area contributed by atoms with E-state index in [0.717, 1.165) is 18.4 Å². The van der Waals surface area contributed by atoms with Gasteiger partial charge in [-0.3, -0.25) is 4.79 Å². The molecule has 0 aromatic heterocycles. The fourth-order valence-electron chi connectivity index (χ4n) is 2.45. The molecule has 0 bridgehead atoms. The van der Waals surface area contributed by atoms with Crippen molar-refractivity contribution in [1.82, 2.24) is 10.0 Å². The molecule has 1 aliphatic rings. The molecular formula is C18H18ClFN2O3S. The summed E-state index contributed by atoms with van der Waals surface area (Å²) in [6.07, 6.45) is 1.60. The fraction of sp³-hybridized carbons (Fsp3) is 0.278. The zero-order valence-corrected chi connectivity index (χ0v) is 15.6. The molecule has 1 atom stereocenters. The molecule has 2 aromatic carbocycles. The largest absolute Gasteiger partial charge is 0.346 e. The number of benzene rings is 2. The van der Waals surface area contributed by atoms with Crippen LogP contribution in [-0.2, 0) is 10.0 Å². The van der Waals surface area contributed by atoms with Gasteiger partial charge in [0, 0.05) is 11.6 Å². The van der Waals surface area contributed by atoms with Gasteiger partial charge in [-0.15, -0.1) is 0 Å². The summed E-state index contributed by atoms with van der Waals surface area (Å²) in [5.74, 6) is -0.802. The Balaban J connectivity index is 1.79. The average molecular weight is 397 g/mol. The van der Waals surface area contributed by atoms with Crippen LogP contribution in [0, 0.1) is 5.82 Å². The minimum Gasteiger partial charge on any atom is -0.346 e. The Labute approximate surface area is 156 Å². The van der Waals surface area contributed by atoms with Crippen molar-refractivity contribution >= 4 is 27.5 Å². The van der Waals surface area contributed by atoms with Gasteiger partial charge < -0.3 is 5.32 Å². The molecule has 5 nitrogen and oxygen atoms in total. The van der Waals surface area contributed by atoms with E-state index >= 15 is 0 Å². The highest BCUT2D eigenvalue weighted by Gasteiger charge is 2.29. The summed E-state index contributed by atoms with van der Waals surface area (Å²) in [6, 6.07) is 9.47. The highest BCUT2D eigenvalue weighted by atomic mass is 35.5. The molecule has 0 spiro atoms. The number of sulfonamides is 1. The van der Waals surface area contributed by atoms with Gasteiger partial charge in [0.05, 0.1) is 11.1 Å². The molecule has 0 unspecified atom stereocenters. The zero-order valence-electron chi connectivity index (χ0n) is 14.0. The Morgan fingerprint density at radius 3 is 2.46 bits per heavy atom. The van der Waals surface area contributed by atoms with Crippen molar-refractivity contribution in [3.8, 4) is 0 Å². The number of carbonyl (C=O) groups excluding carboxylic acids is 1. The molecule has 0 saturated heterocycles. The highest BCUT2D eigenvalue weighted by Crippen LogP contribution is 2.27. The standard InChI is InChI=1S/C18H18ClFN2O3S/c1-11(12-2-5-14(20)6-3-12)21-18(23)13-4-9-16(19)17(10-13)26(24,25)22-15-7-8-15/h2-6,9-11,15,22H,7-8H2,1H3,(H,21,23)/t11-/m1/s1. The predicted molar refractivity (Wildman–Crippen MR) is 97.1 cm³/mol. The van der Waals surface area contributed by atoms with E-state index in [4.69, 9.17) is 11.6 Å². The second kappa shape index (κ2) is 7.34. The van der Waals surface area contributed by atoms with Gasteiger partial charge in [-0.25, -0.2) is 17.5 Å². The Kier molecular flexibility index (Phi) is 5.32. The lowest BCUT2D eigenvalue weighted by atomic mass is 10.1. The lowest BCUT2D eigenvalue weighted by Crippen LogP contribution is -2.28. The zero-order chi connectivity index (χ0) is 18.9. The highest BCUT2D eigenvalue weighted by molar-refractivity contribution is 7.89. The lowest BCUT2D eigenvalue weighted by molar-refractivity contribution is 0.0939. The van der Waals surface area contributed by atoms with Crippen LogP contribution < -0.4 is 10.0 Å². The molecule has 8 heteroatoms. The molecule has 1 saturated carbocycles. The van der Waals surface area contributed by atoms with Crippen molar-refractivity contribution in [2.24, 2.45) is 0 Å². The maximum Gasteiger partial charge on any atom is 0.251 e. The van der Waals surface area contributed by atoms with Crippen LogP contribution >= 0.6 is 11.6 Å². The van der Waals surface area contributed by atoms with Crippen molar-refractivity contribution in [1.29, 1.82) is 0 Å². The summed E-state index contributed by atoms with van der Waals surface area (Å²) in [5.41, 5.74) is 0.913. The van der Waals surface area contributed by atoms with Crippen LogP contribution in [-0.4, -0.2) is 20.4 Å². The molecule has 1 aliphatic carbocycles. The third kappa shape index (κ3) is 4.41. The number of rotatable bonds is 6. The van der Waals surface area contributed by atoms with E-state index in [2.05, 4.69) is 10.0 Å². The SMILES string of the molecule is C[C@@H](NC(=O)c1ccc(Cl)c(S(=O)(=O)NC2CC2)c1)c1ccc(F)cc1. The summed E-state index contributed by atoms with van der Waals surface area (Å²) >= 11 is 6.02. The summed E-state index contributed by atoms with van der Waals surface area (Å²) < 4.78 is 40.3. The van der Waals surface area contributed by atoms with Gasteiger partial charge >= 0.3 is 0 Å². The van der Waals surface area contributed by atoms with Crippen LogP contribution in [0.3, 0.4) is 0 Å². The summed E-state index contributed by atoms with van der Waals surface area (Å²) in [4.78, 5) is 12.4. The van der Waals surface area contributed by atoms with Crippen LogP contribution in [0.4, 0.5) is 4.39 Å². The van der Waals surface area contributed by atoms with Gasteiger partial charge in [-0.05, 0) is 55.7 Å². The number of halogens is 2. The van der Waals surface area contributed by atoms with Gasteiger partial charge in [0.25, 0.3) is 5.91 Å². The summed E-state index contributed by atoms with van der Waals surface area (Å²) in [7, 11) is -3.77. The average Bonchev–Trinajstić information content (AvgIpc) is 3.38. The molecule has 0 heterocycles. The Bertz CT molecular complexity index is 928. The molecule has 0 aliphatic heterocycles. The second-order valence-electron chi connectivity index (χ2n) is 6.29. The molecule has 1 fully saturated rings. The van der Waals surface area contributed by atoms with Crippen LogP contribution in [0.2, 0.25) is 5.02 Å². The van der Waals surface area contributed by atoms with E-state index in [-0.39, 0.29) is 33.4 Å². The lowest BCUT2D eigenvalue weighted by Gasteiger charge is -2.15. The number of amides is 1. The summed E-state index contributed by atoms with van der Waals surface area (Å²) in [5, 5.41) is 2.82. The van der Waals surface area contributed by atoms with Gasteiger partial charge in [0.15, 0.2) is 0 Å². The van der Waals surface area contributed by atoms with E-state index in [9.17, 15) is 17.6 Å². The molecule has 2 aromatic rings. The van der Waals surface area contributed by atoms with Gasteiger partial charge in [0.1, 0.15) is 10.7 Å². The minimum atomic E-state index is -3.77. The first-order valence-electron chi connectivity index (χ1n) is 8.14. The molecule has 2 N–H and O–H groups in total. The first-order valence-corrected chi connectivity index (χ1v) is 10.0. The monoisotopic (exact) mass is 396 g/mol. The van der Waals surface area contributed by atoms with Crippen LogP contribution in [0.15, 0.2) is 47.4 Å². The van der Waals surface area contributed by atoms with E-state index in [1.54, 1.807) is 19.1 Å². The maximum absolute atomic E-state index is 13.0. The predicted octanol–water partition coefficient (Wildman–Crippen LogP) is 3.41. The number of hydrogen-bond donors (Lipinski definition) is 2. The Morgan fingerprint density at radius 2 is 1.85 bits per heavy atom. The molecule has 26 heavy (non-hydrogen) atoms. The first kappa shape index (κ1) is 18.8. The van der Waals surface area contributed by atoms with Gasteiger partial charge in [-0.2, -0.15) is 0 Å². The van der Waals surface area contributed by atoms with E-state index in [1.807, 2.05) is 0 Å². The van der Waals surface area contributed by atoms with Crippen molar-refractivity contribution in [2.75, 3.05) is 0 Å². The van der Waals surface area contributed by atoms with Crippen LogP contribution in [0.5, 0.6) is 0 Å². The Hall–Kier alpha value is -1.96. The van der Waals surface area contributed by atoms with Crippen molar-refractivity contribution in [3.05, 3.63) is 64.4 Å². The second-order valence-corrected chi connectivity index (χ2v) is 8.38. The van der Waals surface area contributed by atoms with Crippen LogP contribution in [0.1, 0.15) is 41.7 Å². The number of nitrogens with one attached hydrogen (secondary N) is 2. The molecule has 1 amide bonds. The van der Waals surface area contributed by atoms with E-state index in [0.29, 0.717) is 0 Å². The number of hydrogen-bond acceptors (Lipinski definition) is 3.